The van der Waals surface area contributed by atoms with E-state index in [1.165, 1.54) is 0 Å². The molecule has 1 aliphatic rings. The maximum atomic E-state index is 11.7. The normalized spacial score (nSPS) is 22.0. The van der Waals surface area contributed by atoms with E-state index in [2.05, 4.69) is 46.9 Å². The van der Waals surface area contributed by atoms with Gasteiger partial charge >= 0.3 is 6.09 Å². The maximum absolute atomic E-state index is 11.7. The quantitative estimate of drug-likeness (QED) is 0.689. The summed E-state index contributed by atoms with van der Waals surface area (Å²) in [4.78, 5) is 11.7. The molecule has 0 saturated carbocycles. The second-order valence-corrected chi connectivity index (χ2v) is 6.75. The van der Waals surface area contributed by atoms with Crippen LogP contribution in [0.4, 0.5) is 4.79 Å². The third kappa shape index (κ3) is 2.18. The van der Waals surface area contributed by atoms with E-state index in [1.54, 1.807) is 0 Å². The highest BCUT2D eigenvalue weighted by Crippen LogP contribution is 2.50. The van der Waals surface area contributed by atoms with Crippen molar-refractivity contribution in [2.75, 3.05) is 6.54 Å². The Morgan fingerprint density at radius 2 is 1.62 bits per heavy atom. The molecular weight excluding hydrogens is 202 g/mol. The van der Waals surface area contributed by atoms with Crippen molar-refractivity contribution in [3.63, 3.8) is 0 Å². The van der Waals surface area contributed by atoms with Crippen molar-refractivity contribution >= 4 is 6.09 Å². The zero-order valence-electron chi connectivity index (χ0n) is 11.4. The SMILES string of the molecule is CC(C)(C)C1(C(C)(C)C)CCCNC(=O)O1. The lowest BCUT2D eigenvalue weighted by molar-refractivity contribution is -0.140. The van der Waals surface area contributed by atoms with E-state index in [4.69, 9.17) is 4.74 Å². The highest BCUT2D eigenvalue weighted by Gasteiger charge is 2.54. The Labute approximate surface area is 98.9 Å². The van der Waals surface area contributed by atoms with Gasteiger partial charge in [0.25, 0.3) is 0 Å². The highest BCUT2D eigenvalue weighted by molar-refractivity contribution is 5.68. The number of nitrogens with one attached hydrogen (secondary N) is 1. The molecule has 1 amide bonds. The highest BCUT2D eigenvalue weighted by atomic mass is 16.6. The Kier molecular flexibility index (Phi) is 3.28. The number of carbonyl (C=O) groups excluding carboxylic acids is 1. The molecule has 1 N–H and O–H groups in total. The van der Waals surface area contributed by atoms with E-state index >= 15 is 0 Å². The summed E-state index contributed by atoms with van der Waals surface area (Å²) >= 11 is 0. The third-order valence-electron chi connectivity index (χ3n) is 3.66. The Balaban J connectivity index is 3.17. The number of carbonyl (C=O) groups is 1. The summed E-state index contributed by atoms with van der Waals surface area (Å²) in [7, 11) is 0. The minimum atomic E-state index is -0.402. The number of hydrogen-bond donors (Lipinski definition) is 1. The van der Waals surface area contributed by atoms with E-state index in [-0.39, 0.29) is 16.9 Å². The molecule has 0 unspecified atom stereocenters. The molecule has 0 radical (unpaired) electrons. The topological polar surface area (TPSA) is 38.3 Å². The van der Waals surface area contributed by atoms with Crippen LogP contribution in [0.1, 0.15) is 54.4 Å². The number of cyclic esters (lactones) is 1. The first-order valence-corrected chi connectivity index (χ1v) is 6.07. The molecule has 3 nitrogen and oxygen atoms in total. The summed E-state index contributed by atoms with van der Waals surface area (Å²) in [5.74, 6) is 0. The molecule has 94 valence electrons. The summed E-state index contributed by atoms with van der Waals surface area (Å²) in [6.45, 7) is 13.6. The van der Waals surface area contributed by atoms with Gasteiger partial charge in [-0.15, -0.1) is 0 Å². The summed E-state index contributed by atoms with van der Waals surface area (Å²) in [5, 5.41) is 2.78. The predicted octanol–water partition coefficient (Wildman–Crippen LogP) is 3.34. The van der Waals surface area contributed by atoms with Crippen LogP contribution in [-0.2, 0) is 4.74 Å². The Morgan fingerprint density at radius 1 is 1.12 bits per heavy atom. The molecule has 0 aromatic heterocycles. The molecule has 16 heavy (non-hydrogen) atoms. The lowest BCUT2D eigenvalue weighted by atomic mass is 9.60. The van der Waals surface area contributed by atoms with Crippen LogP contribution in [0.3, 0.4) is 0 Å². The van der Waals surface area contributed by atoms with E-state index < -0.39 is 5.60 Å². The van der Waals surface area contributed by atoms with Crippen molar-refractivity contribution < 1.29 is 9.53 Å². The predicted molar refractivity (Wildman–Crippen MR) is 65.4 cm³/mol. The van der Waals surface area contributed by atoms with Gasteiger partial charge in [-0.1, -0.05) is 41.5 Å². The third-order valence-corrected chi connectivity index (χ3v) is 3.66. The molecule has 1 fully saturated rings. The van der Waals surface area contributed by atoms with Gasteiger partial charge in [-0.3, -0.25) is 0 Å². The van der Waals surface area contributed by atoms with E-state index in [0.29, 0.717) is 6.54 Å². The molecular formula is C13H25NO2. The molecule has 1 heterocycles. The number of rotatable bonds is 0. The van der Waals surface area contributed by atoms with Crippen molar-refractivity contribution in [3.8, 4) is 0 Å². The first-order chi connectivity index (χ1) is 7.10. The van der Waals surface area contributed by atoms with Crippen LogP contribution in [0.2, 0.25) is 0 Å². The van der Waals surface area contributed by atoms with Crippen LogP contribution in [0.5, 0.6) is 0 Å². The molecule has 0 bridgehead atoms. The molecule has 0 atom stereocenters. The summed E-state index contributed by atoms with van der Waals surface area (Å²) in [6.07, 6.45) is 1.61. The number of amides is 1. The van der Waals surface area contributed by atoms with Crippen LogP contribution in [0.25, 0.3) is 0 Å². The van der Waals surface area contributed by atoms with Crippen LogP contribution in [-0.4, -0.2) is 18.2 Å². The van der Waals surface area contributed by atoms with Gasteiger partial charge in [0.1, 0.15) is 5.60 Å². The van der Waals surface area contributed by atoms with Crippen molar-refractivity contribution in [2.24, 2.45) is 10.8 Å². The number of ether oxygens (including phenoxy) is 1. The van der Waals surface area contributed by atoms with E-state index in [0.717, 1.165) is 12.8 Å². The molecule has 0 spiro atoms. The van der Waals surface area contributed by atoms with Gasteiger partial charge in [0.15, 0.2) is 0 Å². The minimum absolute atomic E-state index is 0.0626. The zero-order chi connectivity index (χ0) is 12.6. The smallest absolute Gasteiger partial charge is 0.407 e. The fourth-order valence-corrected chi connectivity index (χ4v) is 2.95. The minimum Gasteiger partial charge on any atom is -0.442 e. The van der Waals surface area contributed by atoms with Crippen molar-refractivity contribution in [1.82, 2.24) is 5.32 Å². The van der Waals surface area contributed by atoms with Gasteiger partial charge in [0, 0.05) is 17.4 Å². The van der Waals surface area contributed by atoms with Crippen LogP contribution >= 0.6 is 0 Å². The summed E-state index contributed by atoms with van der Waals surface area (Å²) in [6, 6.07) is 0. The average molecular weight is 227 g/mol. The average Bonchev–Trinajstić information content (AvgIpc) is 2.24. The Hall–Kier alpha value is -0.730. The zero-order valence-corrected chi connectivity index (χ0v) is 11.4. The summed E-state index contributed by atoms with van der Waals surface area (Å²) < 4.78 is 5.78. The molecule has 0 aliphatic carbocycles. The fraction of sp³-hybridized carbons (Fsp3) is 0.923. The fourth-order valence-electron chi connectivity index (χ4n) is 2.95. The van der Waals surface area contributed by atoms with Gasteiger partial charge in [-0.25, -0.2) is 4.79 Å². The largest absolute Gasteiger partial charge is 0.442 e. The second-order valence-electron chi connectivity index (χ2n) is 6.75. The molecule has 0 aromatic carbocycles. The van der Waals surface area contributed by atoms with Crippen LogP contribution in [0.15, 0.2) is 0 Å². The Morgan fingerprint density at radius 3 is 2.06 bits per heavy atom. The van der Waals surface area contributed by atoms with Crippen LogP contribution in [0, 0.1) is 10.8 Å². The molecule has 0 aromatic rings. The maximum Gasteiger partial charge on any atom is 0.407 e. The van der Waals surface area contributed by atoms with Gasteiger partial charge in [-0.2, -0.15) is 0 Å². The van der Waals surface area contributed by atoms with Crippen LogP contribution < -0.4 is 5.32 Å². The first-order valence-electron chi connectivity index (χ1n) is 6.07. The van der Waals surface area contributed by atoms with E-state index in [9.17, 15) is 4.79 Å². The van der Waals surface area contributed by atoms with Crippen molar-refractivity contribution in [2.45, 2.75) is 60.0 Å². The lowest BCUT2D eigenvalue weighted by Gasteiger charge is -2.51. The monoisotopic (exact) mass is 227 g/mol. The number of hydrogen-bond acceptors (Lipinski definition) is 2. The van der Waals surface area contributed by atoms with E-state index in [1.807, 2.05) is 0 Å². The van der Waals surface area contributed by atoms with Gasteiger partial charge < -0.3 is 10.1 Å². The van der Waals surface area contributed by atoms with Gasteiger partial charge in [0.2, 0.25) is 0 Å². The second kappa shape index (κ2) is 3.94. The van der Waals surface area contributed by atoms with Crippen molar-refractivity contribution in [1.29, 1.82) is 0 Å². The van der Waals surface area contributed by atoms with Gasteiger partial charge in [-0.05, 0) is 12.8 Å². The van der Waals surface area contributed by atoms with Gasteiger partial charge in [0.05, 0.1) is 0 Å². The molecule has 1 rings (SSSR count). The standard InChI is InChI=1S/C13H25NO2/c1-11(2,3)13(12(4,5)6)8-7-9-14-10(15)16-13/h7-9H2,1-6H3,(H,14,15). The number of alkyl carbamates (subject to hydrolysis) is 1. The molecule has 3 heteroatoms. The summed E-state index contributed by atoms with van der Waals surface area (Å²) in [5.41, 5.74) is -0.527. The van der Waals surface area contributed by atoms with Crippen molar-refractivity contribution in [3.05, 3.63) is 0 Å². The Bertz CT molecular complexity index is 257. The first kappa shape index (κ1) is 13.3. The molecule has 1 saturated heterocycles. The lowest BCUT2D eigenvalue weighted by Crippen LogP contribution is -2.56. The molecule has 1 aliphatic heterocycles.